The fraction of sp³-hybridized carbons (Fsp3) is 0.636. The molecule has 0 spiro atoms. The quantitative estimate of drug-likeness (QED) is 0.566. The lowest BCUT2D eigenvalue weighted by Gasteiger charge is -2.15. The van der Waals surface area contributed by atoms with Crippen LogP contribution >= 0.6 is 19.3 Å². The summed E-state index contributed by atoms with van der Waals surface area (Å²) >= 11 is 1.17. The van der Waals surface area contributed by atoms with Crippen LogP contribution in [-0.4, -0.2) is 35.0 Å². The molecule has 6 nitrogen and oxygen atoms in total. The van der Waals surface area contributed by atoms with E-state index in [4.69, 9.17) is 14.8 Å². The molecular formula is C11H20N2O4PS+. The number of nitrogens with two attached hydrogens (primary N) is 1. The number of carbonyl (C=O) groups is 1. The SMILES string of the molecule is CCO[P+](O)(CCC(=O)c1sc(N)nc1C)OCC. The highest BCUT2D eigenvalue weighted by molar-refractivity contribution is 7.60. The molecule has 0 radical (unpaired) electrons. The molecule has 1 aromatic heterocycles. The normalized spacial score (nSPS) is 11.8. The molecule has 0 atom stereocenters. The summed E-state index contributed by atoms with van der Waals surface area (Å²) in [6.45, 7) is 6.00. The van der Waals surface area contributed by atoms with Crippen LogP contribution in [0.5, 0.6) is 0 Å². The number of carbonyl (C=O) groups excluding carboxylic acids is 1. The summed E-state index contributed by atoms with van der Waals surface area (Å²) < 4.78 is 10.5. The van der Waals surface area contributed by atoms with E-state index < -0.39 is 7.94 Å². The molecule has 3 N–H and O–H groups in total. The molecule has 108 valence electrons. The molecule has 0 aromatic carbocycles. The van der Waals surface area contributed by atoms with Crippen LogP contribution in [0.3, 0.4) is 0 Å². The Morgan fingerprint density at radius 3 is 2.42 bits per heavy atom. The van der Waals surface area contributed by atoms with Crippen LogP contribution in [0.4, 0.5) is 5.13 Å². The summed E-state index contributed by atoms with van der Waals surface area (Å²) in [5.41, 5.74) is 6.18. The van der Waals surface area contributed by atoms with E-state index in [0.29, 0.717) is 28.9 Å². The number of Topliss-reactive ketones (excluding diaryl/α,β-unsaturated/α-hetero) is 1. The van der Waals surface area contributed by atoms with Crippen LogP contribution < -0.4 is 5.73 Å². The predicted molar refractivity (Wildman–Crippen MR) is 77.5 cm³/mol. The van der Waals surface area contributed by atoms with E-state index in [1.807, 2.05) is 0 Å². The van der Waals surface area contributed by atoms with E-state index in [2.05, 4.69) is 4.98 Å². The monoisotopic (exact) mass is 307 g/mol. The molecule has 0 amide bonds. The van der Waals surface area contributed by atoms with Gasteiger partial charge in [0.05, 0.1) is 30.2 Å². The van der Waals surface area contributed by atoms with Crippen LogP contribution in [0.15, 0.2) is 0 Å². The zero-order chi connectivity index (χ0) is 14.5. The fourth-order valence-corrected chi connectivity index (χ4v) is 4.03. The van der Waals surface area contributed by atoms with Gasteiger partial charge in [0.15, 0.2) is 10.9 Å². The lowest BCUT2D eigenvalue weighted by molar-refractivity contribution is 0.0985. The summed E-state index contributed by atoms with van der Waals surface area (Å²) in [6, 6.07) is 0. The highest BCUT2D eigenvalue weighted by Crippen LogP contribution is 2.57. The average Bonchev–Trinajstić information content (AvgIpc) is 2.66. The van der Waals surface area contributed by atoms with Crippen molar-refractivity contribution >= 4 is 30.2 Å². The van der Waals surface area contributed by atoms with Crippen molar-refractivity contribution in [3.63, 3.8) is 0 Å². The maximum atomic E-state index is 12.0. The van der Waals surface area contributed by atoms with Gasteiger partial charge in [-0.2, -0.15) is 13.9 Å². The first-order valence-electron chi connectivity index (χ1n) is 6.07. The predicted octanol–water partition coefficient (Wildman–Crippen LogP) is 2.43. The molecule has 0 unspecified atom stereocenters. The van der Waals surface area contributed by atoms with Gasteiger partial charge in [-0.05, 0) is 20.8 Å². The van der Waals surface area contributed by atoms with Crippen molar-refractivity contribution in [1.82, 2.24) is 4.98 Å². The Labute approximate surface area is 117 Å². The van der Waals surface area contributed by atoms with Gasteiger partial charge in [-0.25, -0.2) is 4.98 Å². The summed E-state index contributed by atoms with van der Waals surface area (Å²) in [4.78, 5) is 26.8. The first kappa shape index (κ1) is 16.5. The number of aromatic nitrogens is 1. The van der Waals surface area contributed by atoms with E-state index in [-0.39, 0.29) is 18.4 Å². The van der Waals surface area contributed by atoms with Gasteiger partial charge in [-0.15, -0.1) is 0 Å². The van der Waals surface area contributed by atoms with Gasteiger partial charge in [0.25, 0.3) is 0 Å². The standard InChI is InChI=1S/C11H19N2O4PS/c1-4-16-18(15,17-5-2)7-6-9(14)10-8(3)13-11(12)19-10/h15H,4-7H2,1-3H3,(H-,12,13,14)/p+1. The first-order valence-corrected chi connectivity index (χ1v) is 8.65. The molecule has 0 saturated carbocycles. The molecule has 0 saturated heterocycles. The molecule has 1 rings (SSSR count). The van der Waals surface area contributed by atoms with Gasteiger partial charge in [0.1, 0.15) is 6.16 Å². The first-order chi connectivity index (χ1) is 8.91. The highest BCUT2D eigenvalue weighted by atomic mass is 32.1. The van der Waals surface area contributed by atoms with E-state index in [1.54, 1.807) is 20.8 Å². The van der Waals surface area contributed by atoms with E-state index >= 15 is 0 Å². The molecule has 1 heterocycles. The summed E-state index contributed by atoms with van der Waals surface area (Å²) in [5, 5.41) is 0.375. The Morgan fingerprint density at radius 1 is 1.42 bits per heavy atom. The summed E-state index contributed by atoms with van der Waals surface area (Å²) in [6.07, 6.45) is 0.345. The Kier molecular flexibility index (Phi) is 6.29. The molecule has 1 aromatic rings. The minimum atomic E-state index is -2.92. The smallest absolute Gasteiger partial charge is 0.375 e. The van der Waals surface area contributed by atoms with Crippen molar-refractivity contribution < 1.29 is 18.7 Å². The Bertz CT molecular complexity index is 432. The molecule has 0 bridgehead atoms. The van der Waals surface area contributed by atoms with Crippen molar-refractivity contribution in [2.24, 2.45) is 0 Å². The lowest BCUT2D eigenvalue weighted by Crippen LogP contribution is -2.11. The number of anilines is 1. The van der Waals surface area contributed by atoms with Gasteiger partial charge in [-0.1, -0.05) is 11.3 Å². The van der Waals surface area contributed by atoms with Gasteiger partial charge in [0, 0.05) is 0 Å². The Hall–Kier alpha value is -0.590. The average molecular weight is 307 g/mol. The van der Waals surface area contributed by atoms with E-state index in [1.165, 1.54) is 11.3 Å². The maximum absolute atomic E-state index is 12.0. The summed E-state index contributed by atoms with van der Waals surface area (Å²) in [7, 11) is -2.92. The second kappa shape index (κ2) is 7.26. The van der Waals surface area contributed by atoms with Gasteiger partial charge in [-0.3, -0.25) is 4.79 Å². The highest BCUT2D eigenvalue weighted by Gasteiger charge is 2.40. The second-order valence-corrected chi connectivity index (χ2v) is 7.11. The van der Waals surface area contributed by atoms with Crippen molar-refractivity contribution in [2.45, 2.75) is 27.2 Å². The largest absolute Gasteiger partial charge is 0.409 e. The summed E-state index contributed by atoms with van der Waals surface area (Å²) in [5.74, 6) is -0.0930. The van der Waals surface area contributed by atoms with Crippen molar-refractivity contribution in [1.29, 1.82) is 0 Å². The maximum Gasteiger partial charge on any atom is 0.409 e. The third-order valence-electron chi connectivity index (χ3n) is 2.35. The topological polar surface area (TPSA) is 94.7 Å². The number of ketones is 1. The van der Waals surface area contributed by atoms with Crippen LogP contribution in [-0.2, 0) is 9.05 Å². The number of hydrogen-bond acceptors (Lipinski definition) is 7. The van der Waals surface area contributed by atoms with Gasteiger partial charge < -0.3 is 5.73 Å². The Balaban J connectivity index is 2.64. The molecule has 0 aliphatic rings. The molecule has 0 fully saturated rings. The van der Waals surface area contributed by atoms with Crippen LogP contribution in [0.25, 0.3) is 0 Å². The van der Waals surface area contributed by atoms with Crippen LogP contribution in [0.2, 0.25) is 0 Å². The number of nitrogens with zero attached hydrogens (tertiary/aromatic N) is 1. The minimum Gasteiger partial charge on any atom is -0.375 e. The third kappa shape index (κ3) is 4.78. The molecule has 0 aliphatic heterocycles. The van der Waals surface area contributed by atoms with Crippen LogP contribution in [0.1, 0.15) is 35.6 Å². The van der Waals surface area contributed by atoms with Crippen LogP contribution in [0, 0.1) is 6.92 Å². The van der Waals surface area contributed by atoms with Crippen molar-refractivity contribution in [3.05, 3.63) is 10.6 Å². The van der Waals surface area contributed by atoms with Crippen molar-refractivity contribution in [2.75, 3.05) is 25.1 Å². The number of thiazole rings is 1. The molecule has 0 aliphatic carbocycles. The molecule has 8 heteroatoms. The minimum absolute atomic E-state index is 0.0930. The van der Waals surface area contributed by atoms with Gasteiger partial charge >= 0.3 is 7.94 Å². The molecular weight excluding hydrogens is 287 g/mol. The molecule has 19 heavy (non-hydrogen) atoms. The van der Waals surface area contributed by atoms with E-state index in [0.717, 1.165) is 0 Å². The van der Waals surface area contributed by atoms with Gasteiger partial charge in [0.2, 0.25) is 0 Å². The fourth-order valence-electron chi connectivity index (χ4n) is 1.60. The zero-order valence-corrected chi connectivity index (χ0v) is 13.1. The lowest BCUT2D eigenvalue weighted by atomic mass is 10.2. The third-order valence-corrected chi connectivity index (χ3v) is 5.49. The number of nitrogen functional groups attached to an aromatic ring is 1. The van der Waals surface area contributed by atoms with Crippen molar-refractivity contribution in [3.8, 4) is 0 Å². The number of rotatable bonds is 8. The zero-order valence-electron chi connectivity index (χ0n) is 11.4. The number of hydrogen-bond donors (Lipinski definition) is 2. The second-order valence-electron chi connectivity index (χ2n) is 3.84. The number of aryl methyl sites for hydroxylation is 1. The Morgan fingerprint density at radius 2 is 2.00 bits per heavy atom. The van der Waals surface area contributed by atoms with E-state index in [9.17, 15) is 9.69 Å².